The Morgan fingerprint density at radius 2 is 1.86 bits per heavy atom. The van der Waals surface area contributed by atoms with Gasteiger partial charge in [0.15, 0.2) is 6.54 Å². The second kappa shape index (κ2) is 7.88. The molecule has 5 nitrogen and oxygen atoms in total. The molecule has 5 heteroatoms. The smallest absolute Gasteiger partial charge is 0.279 e. The summed E-state index contributed by atoms with van der Waals surface area (Å²) in [6.07, 6.45) is 5.01. The normalized spacial score (nSPS) is 16.1. The average molecular weight is 293 g/mol. The van der Waals surface area contributed by atoms with Crippen LogP contribution in [0.1, 0.15) is 25.7 Å². The number of ether oxygens (including phenoxy) is 2. The molecule has 0 aromatic heterocycles. The molecule has 116 valence electrons. The molecule has 2 N–H and O–H groups in total. The fourth-order valence-electron chi connectivity index (χ4n) is 2.73. The summed E-state index contributed by atoms with van der Waals surface area (Å²) in [5, 5.41) is 2.94. The average Bonchev–Trinajstić information content (AvgIpc) is 2.76. The molecule has 1 fully saturated rings. The minimum atomic E-state index is 0.0374. The summed E-state index contributed by atoms with van der Waals surface area (Å²) in [5.74, 6) is 1.37. The summed E-state index contributed by atoms with van der Waals surface area (Å²) >= 11 is 0. The maximum Gasteiger partial charge on any atom is 0.279 e. The molecule has 0 aliphatic carbocycles. The van der Waals surface area contributed by atoms with Crippen molar-refractivity contribution in [1.29, 1.82) is 0 Å². The zero-order chi connectivity index (χ0) is 15.1. The second-order valence-electron chi connectivity index (χ2n) is 5.46. The number of hydrogen-bond acceptors (Lipinski definition) is 3. The van der Waals surface area contributed by atoms with Gasteiger partial charge in [-0.1, -0.05) is 0 Å². The summed E-state index contributed by atoms with van der Waals surface area (Å²) in [6, 6.07) is 5.40. The van der Waals surface area contributed by atoms with E-state index in [1.807, 2.05) is 12.1 Å². The van der Waals surface area contributed by atoms with Gasteiger partial charge in [-0.15, -0.1) is 0 Å². The highest BCUT2D eigenvalue weighted by atomic mass is 16.5. The molecule has 0 saturated carbocycles. The fourth-order valence-corrected chi connectivity index (χ4v) is 2.73. The van der Waals surface area contributed by atoms with Crippen molar-refractivity contribution in [3.63, 3.8) is 0 Å². The van der Waals surface area contributed by atoms with Gasteiger partial charge < -0.3 is 19.7 Å². The van der Waals surface area contributed by atoms with Crippen molar-refractivity contribution in [3.05, 3.63) is 18.2 Å². The molecular formula is C16H25N2O3+. The summed E-state index contributed by atoms with van der Waals surface area (Å²) in [5.41, 5.74) is 0.692. The number of amides is 1. The maximum atomic E-state index is 12.2. The van der Waals surface area contributed by atoms with Gasteiger partial charge in [0.2, 0.25) is 0 Å². The molecule has 2 rings (SSSR count). The number of benzene rings is 1. The van der Waals surface area contributed by atoms with Gasteiger partial charge in [-0.25, -0.2) is 0 Å². The molecule has 21 heavy (non-hydrogen) atoms. The number of anilines is 1. The van der Waals surface area contributed by atoms with Gasteiger partial charge in [-0.3, -0.25) is 4.79 Å². The number of quaternary nitrogens is 1. The van der Waals surface area contributed by atoms with Crippen LogP contribution in [0.4, 0.5) is 5.69 Å². The topological polar surface area (TPSA) is 52.0 Å². The lowest BCUT2D eigenvalue weighted by Crippen LogP contribution is -3.12. The first kappa shape index (κ1) is 15.6. The third-order valence-electron chi connectivity index (χ3n) is 3.90. The number of methoxy groups -OCH3 is 2. The van der Waals surface area contributed by atoms with Crippen LogP contribution in [0.2, 0.25) is 0 Å². The van der Waals surface area contributed by atoms with E-state index in [9.17, 15) is 4.79 Å². The van der Waals surface area contributed by atoms with Crippen LogP contribution in [-0.4, -0.2) is 39.8 Å². The van der Waals surface area contributed by atoms with Crippen LogP contribution in [0.15, 0.2) is 18.2 Å². The van der Waals surface area contributed by atoms with Gasteiger partial charge in [0, 0.05) is 6.07 Å². The lowest BCUT2D eigenvalue weighted by atomic mass is 10.2. The van der Waals surface area contributed by atoms with Crippen LogP contribution < -0.4 is 19.7 Å². The highest BCUT2D eigenvalue weighted by Gasteiger charge is 2.17. The van der Waals surface area contributed by atoms with Crippen molar-refractivity contribution >= 4 is 11.6 Å². The summed E-state index contributed by atoms with van der Waals surface area (Å²) in [4.78, 5) is 13.6. The van der Waals surface area contributed by atoms with Crippen molar-refractivity contribution in [2.45, 2.75) is 25.7 Å². The van der Waals surface area contributed by atoms with Gasteiger partial charge in [-0.05, 0) is 37.8 Å². The molecule has 1 aliphatic heterocycles. The highest BCUT2D eigenvalue weighted by molar-refractivity contribution is 5.93. The van der Waals surface area contributed by atoms with Crippen LogP contribution in [0.25, 0.3) is 0 Å². The van der Waals surface area contributed by atoms with E-state index in [-0.39, 0.29) is 5.91 Å². The highest BCUT2D eigenvalue weighted by Crippen LogP contribution is 2.28. The summed E-state index contributed by atoms with van der Waals surface area (Å²) in [7, 11) is 3.19. The van der Waals surface area contributed by atoms with Crippen molar-refractivity contribution in [1.82, 2.24) is 0 Å². The zero-order valence-corrected chi connectivity index (χ0v) is 12.9. The maximum absolute atomic E-state index is 12.2. The Morgan fingerprint density at radius 1 is 1.14 bits per heavy atom. The van der Waals surface area contributed by atoms with Crippen molar-refractivity contribution < 1.29 is 19.2 Å². The molecule has 1 aromatic carbocycles. The minimum absolute atomic E-state index is 0.0374. The van der Waals surface area contributed by atoms with E-state index in [1.54, 1.807) is 20.3 Å². The first-order chi connectivity index (χ1) is 10.2. The number of likely N-dealkylation sites (tertiary alicyclic amines) is 1. The number of hydrogen-bond donors (Lipinski definition) is 2. The monoisotopic (exact) mass is 293 g/mol. The van der Waals surface area contributed by atoms with E-state index in [0.29, 0.717) is 23.7 Å². The Bertz CT molecular complexity index is 469. The van der Waals surface area contributed by atoms with Crippen molar-refractivity contribution in [2.24, 2.45) is 0 Å². The molecule has 0 unspecified atom stereocenters. The van der Waals surface area contributed by atoms with Crippen molar-refractivity contribution in [3.8, 4) is 11.5 Å². The van der Waals surface area contributed by atoms with E-state index in [1.165, 1.54) is 30.6 Å². The summed E-state index contributed by atoms with van der Waals surface area (Å²) in [6.45, 7) is 2.70. The quantitative estimate of drug-likeness (QED) is 0.855. The standard InChI is InChI=1S/C16H24N2O3/c1-20-13-7-8-14(15(11-13)21-2)17-16(19)12-18-9-5-3-4-6-10-18/h7-8,11H,3-6,9-10,12H2,1-2H3,(H,17,19)/p+1. The van der Waals surface area contributed by atoms with E-state index in [0.717, 1.165) is 13.1 Å². The molecule has 1 heterocycles. The van der Waals surface area contributed by atoms with Crippen LogP contribution >= 0.6 is 0 Å². The van der Waals surface area contributed by atoms with Crippen molar-refractivity contribution in [2.75, 3.05) is 39.2 Å². The molecule has 0 atom stereocenters. The Labute approximate surface area is 126 Å². The molecule has 1 aliphatic rings. The van der Waals surface area contributed by atoms with Crippen LogP contribution in [0.3, 0.4) is 0 Å². The summed E-state index contributed by atoms with van der Waals surface area (Å²) < 4.78 is 10.5. The molecular weight excluding hydrogens is 268 g/mol. The molecule has 0 radical (unpaired) electrons. The third-order valence-corrected chi connectivity index (χ3v) is 3.90. The Kier molecular flexibility index (Phi) is 5.87. The minimum Gasteiger partial charge on any atom is -0.497 e. The van der Waals surface area contributed by atoms with Gasteiger partial charge in [0.25, 0.3) is 5.91 Å². The van der Waals surface area contributed by atoms with E-state index >= 15 is 0 Å². The predicted octanol–water partition coefficient (Wildman–Crippen LogP) is 1.10. The lowest BCUT2D eigenvalue weighted by molar-refractivity contribution is -0.890. The Balaban J connectivity index is 1.95. The largest absolute Gasteiger partial charge is 0.497 e. The number of carbonyl (C=O) groups is 1. The van der Waals surface area contributed by atoms with Gasteiger partial charge >= 0.3 is 0 Å². The van der Waals surface area contributed by atoms with E-state index in [2.05, 4.69) is 5.32 Å². The Hall–Kier alpha value is -1.75. The van der Waals surface area contributed by atoms with E-state index in [4.69, 9.17) is 9.47 Å². The molecule has 0 bridgehead atoms. The Morgan fingerprint density at radius 3 is 2.48 bits per heavy atom. The fraction of sp³-hybridized carbons (Fsp3) is 0.562. The number of rotatable bonds is 5. The molecule has 1 aromatic rings. The SMILES string of the molecule is COc1ccc(NC(=O)C[NH+]2CCCCCC2)c(OC)c1. The molecule has 1 amide bonds. The number of nitrogens with one attached hydrogen (secondary N) is 2. The lowest BCUT2D eigenvalue weighted by Gasteiger charge is -2.17. The predicted molar refractivity (Wildman–Crippen MR) is 82.2 cm³/mol. The first-order valence-corrected chi connectivity index (χ1v) is 7.58. The molecule has 0 spiro atoms. The van der Waals surface area contributed by atoms with Crippen LogP contribution in [0, 0.1) is 0 Å². The van der Waals surface area contributed by atoms with Crippen LogP contribution in [0.5, 0.6) is 11.5 Å². The van der Waals surface area contributed by atoms with Crippen LogP contribution in [-0.2, 0) is 4.79 Å². The third kappa shape index (κ3) is 4.63. The first-order valence-electron chi connectivity index (χ1n) is 7.58. The zero-order valence-electron chi connectivity index (χ0n) is 12.9. The number of carbonyl (C=O) groups excluding carboxylic acids is 1. The van der Waals surface area contributed by atoms with Gasteiger partial charge in [0.1, 0.15) is 11.5 Å². The second-order valence-corrected chi connectivity index (χ2v) is 5.46. The van der Waals surface area contributed by atoms with Gasteiger partial charge in [0.05, 0.1) is 33.0 Å². The van der Waals surface area contributed by atoms with Gasteiger partial charge in [-0.2, -0.15) is 0 Å². The molecule has 1 saturated heterocycles. The van der Waals surface area contributed by atoms with E-state index < -0.39 is 0 Å².